The number of carbonyl (C=O) groups is 3. The number of anilines is 1. The van der Waals surface area contributed by atoms with Crippen LogP contribution in [0, 0.1) is 5.82 Å². The Morgan fingerprint density at radius 2 is 1.82 bits per heavy atom. The number of ether oxygens (including phenoxy) is 1. The number of rotatable bonds is 7. The smallest absolute Gasteiger partial charge is 0.338 e. The van der Waals surface area contributed by atoms with E-state index < -0.39 is 17.8 Å². The Bertz CT molecular complexity index is 1190. The largest absolute Gasteiger partial charge is 0.462 e. The lowest BCUT2D eigenvalue weighted by Crippen LogP contribution is -2.32. The zero-order valence-corrected chi connectivity index (χ0v) is 18.1. The third-order valence-electron chi connectivity index (χ3n) is 5.52. The molecule has 0 bridgehead atoms. The number of hydrogen-bond donors (Lipinski definition) is 1. The topological polar surface area (TPSA) is 75.7 Å². The lowest BCUT2D eigenvalue weighted by Gasteiger charge is -2.28. The normalized spacial score (nSPS) is 13.4. The molecule has 3 aromatic rings. The van der Waals surface area contributed by atoms with Crippen molar-refractivity contribution in [3.63, 3.8) is 0 Å². The molecule has 0 spiro atoms. The summed E-state index contributed by atoms with van der Waals surface area (Å²) in [7, 11) is 0. The van der Waals surface area contributed by atoms with Crippen molar-refractivity contribution in [2.45, 2.75) is 25.9 Å². The zero-order chi connectivity index (χ0) is 23.4. The van der Waals surface area contributed by atoms with Gasteiger partial charge in [0.1, 0.15) is 5.82 Å². The van der Waals surface area contributed by atoms with Crippen molar-refractivity contribution in [3.8, 4) is 0 Å². The van der Waals surface area contributed by atoms with Crippen LogP contribution in [0.4, 0.5) is 10.1 Å². The molecule has 0 unspecified atom stereocenters. The van der Waals surface area contributed by atoms with E-state index in [1.165, 1.54) is 12.1 Å². The van der Waals surface area contributed by atoms with Crippen molar-refractivity contribution in [3.05, 3.63) is 101 Å². The predicted molar refractivity (Wildman–Crippen MR) is 121 cm³/mol. The summed E-state index contributed by atoms with van der Waals surface area (Å²) in [6.07, 6.45) is -0.0327. The number of esters is 1. The first kappa shape index (κ1) is 22.2. The summed E-state index contributed by atoms with van der Waals surface area (Å²) < 4.78 is 18.5. The number of carbonyl (C=O) groups excluding carboxylic acids is 3. The summed E-state index contributed by atoms with van der Waals surface area (Å²) in [5.41, 5.74) is 2.92. The van der Waals surface area contributed by atoms with Crippen LogP contribution in [-0.4, -0.2) is 29.3 Å². The second-order valence-electron chi connectivity index (χ2n) is 7.71. The number of nitrogens with one attached hydrogen (secondary N) is 1. The van der Waals surface area contributed by atoms with Crippen molar-refractivity contribution in [1.29, 1.82) is 0 Å². The molecule has 0 aliphatic carbocycles. The Balaban J connectivity index is 1.56. The maximum Gasteiger partial charge on any atom is 0.338 e. The van der Waals surface area contributed by atoms with Gasteiger partial charge >= 0.3 is 5.97 Å². The first-order valence-corrected chi connectivity index (χ1v) is 10.7. The number of fused-ring (bicyclic) bond motifs is 1. The molecule has 0 aromatic heterocycles. The predicted octanol–water partition coefficient (Wildman–Crippen LogP) is 4.73. The fourth-order valence-corrected chi connectivity index (χ4v) is 3.95. The molecule has 3 aromatic carbocycles. The van der Waals surface area contributed by atoms with Crippen LogP contribution in [-0.2, 0) is 16.1 Å². The number of hydrogen-bond acceptors (Lipinski definition) is 4. The molecule has 168 valence electrons. The standard InChI is InChI=1S/C26H23FN2O4/c1-2-33-26(32)18-7-5-8-21(14-18)28-24(30)15-23(17-10-12-20(27)13-11-17)29-16-19-6-3-4-9-22(19)25(29)31/h3-14,23H,2,15-16H2,1H3,(H,28,30)/t23-/m1/s1. The summed E-state index contributed by atoms with van der Waals surface area (Å²) in [6.45, 7) is 2.33. The Hall–Kier alpha value is -4.00. The lowest BCUT2D eigenvalue weighted by molar-refractivity contribution is -0.117. The van der Waals surface area contributed by atoms with Gasteiger partial charge in [-0.25, -0.2) is 9.18 Å². The van der Waals surface area contributed by atoms with Crippen LogP contribution in [0.3, 0.4) is 0 Å². The van der Waals surface area contributed by atoms with Crippen molar-refractivity contribution in [2.24, 2.45) is 0 Å². The average molecular weight is 446 g/mol. The summed E-state index contributed by atoms with van der Waals surface area (Å²) in [4.78, 5) is 39.6. The fourth-order valence-electron chi connectivity index (χ4n) is 3.95. The number of amides is 2. The first-order valence-electron chi connectivity index (χ1n) is 10.7. The van der Waals surface area contributed by atoms with Gasteiger partial charge in [-0.3, -0.25) is 9.59 Å². The minimum absolute atomic E-state index is 0.0327. The minimum atomic E-state index is -0.585. The minimum Gasteiger partial charge on any atom is -0.462 e. The summed E-state index contributed by atoms with van der Waals surface area (Å²) >= 11 is 0. The molecule has 1 aliphatic heterocycles. The van der Waals surface area contributed by atoms with Gasteiger partial charge < -0.3 is 15.0 Å². The van der Waals surface area contributed by atoms with Crippen molar-refractivity contribution >= 4 is 23.5 Å². The number of halogens is 1. The Morgan fingerprint density at radius 3 is 2.55 bits per heavy atom. The van der Waals surface area contributed by atoms with Crippen LogP contribution in [0.25, 0.3) is 0 Å². The molecular weight excluding hydrogens is 423 g/mol. The van der Waals surface area contributed by atoms with Crippen LogP contribution in [0.1, 0.15) is 51.2 Å². The maximum absolute atomic E-state index is 13.5. The maximum atomic E-state index is 13.5. The Labute approximate surface area is 191 Å². The van der Waals surface area contributed by atoms with E-state index in [4.69, 9.17) is 4.74 Å². The highest BCUT2D eigenvalue weighted by molar-refractivity contribution is 5.99. The molecule has 1 atom stereocenters. The Kier molecular flexibility index (Phi) is 6.49. The Morgan fingerprint density at radius 1 is 1.06 bits per heavy atom. The molecule has 2 amide bonds. The molecule has 4 rings (SSSR count). The van der Waals surface area contributed by atoms with E-state index in [-0.39, 0.29) is 24.8 Å². The molecule has 33 heavy (non-hydrogen) atoms. The lowest BCUT2D eigenvalue weighted by atomic mass is 10.0. The third kappa shape index (κ3) is 4.92. The highest BCUT2D eigenvalue weighted by Gasteiger charge is 2.34. The summed E-state index contributed by atoms with van der Waals surface area (Å²) in [5, 5.41) is 2.79. The number of benzene rings is 3. The molecule has 6 nitrogen and oxygen atoms in total. The van der Waals surface area contributed by atoms with Crippen LogP contribution in [0.15, 0.2) is 72.8 Å². The zero-order valence-electron chi connectivity index (χ0n) is 18.1. The van der Waals surface area contributed by atoms with Crippen LogP contribution in [0.5, 0.6) is 0 Å². The third-order valence-corrected chi connectivity index (χ3v) is 5.52. The molecule has 0 fully saturated rings. The van der Waals surface area contributed by atoms with Gasteiger partial charge in [-0.1, -0.05) is 36.4 Å². The summed E-state index contributed by atoms with van der Waals surface area (Å²) in [5.74, 6) is -1.38. The van der Waals surface area contributed by atoms with Gasteiger partial charge in [0, 0.05) is 17.8 Å². The van der Waals surface area contributed by atoms with E-state index in [2.05, 4.69) is 5.32 Å². The molecule has 1 heterocycles. The average Bonchev–Trinajstić information content (AvgIpc) is 3.15. The highest BCUT2D eigenvalue weighted by Crippen LogP contribution is 2.33. The number of nitrogens with zero attached hydrogens (tertiary/aromatic N) is 1. The molecular formula is C26H23FN2O4. The van der Waals surface area contributed by atoms with E-state index in [0.29, 0.717) is 28.9 Å². The van der Waals surface area contributed by atoms with Gasteiger partial charge in [-0.2, -0.15) is 0 Å². The van der Waals surface area contributed by atoms with Crippen LogP contribution >= 0.6 is 0 Å². The van der Waals surface area contributed by atoms with Crippen LogP contribution in [0.2, 0.25) is 0 Å². The van der Waals surface area contributed by atoms with E-state index >= 15 is 0 Å². The van der Waals surface area contributed by atoms with Crippen LogP contribution < -0.4 is 5.32 Å². The first-order chi connectivity index (χ1) is 16.0. The molecule has 0 radical (unpaired) electrons. The van der Waals surface area contributed by atoms with Gasteiger partial charge in [0.25, 0.3) is 5.91 Å². The molecule has 1 N–H and O–H groups in total. The van der Waals surface area contributed by atoms with Crippen molar-refractivity contribution < 1.29 is 23.5 Å². The van der Waals surface area contributed by atoms with Gasteiger partial charge in [0.05, 0.1) is 24.6 Å². The van der Waals surface area contributed by atoms with Gasteiger partial charge in [0.2, 0.25) is 5.91 Å². The van der Waals surface area contributed by atoms with Crippen molar-refractivity contribution in [2.75, 3.05) is 11.9 Å². The van der Waals surface area contributed by atoms with E-state index in [1.807, 2.05) is 12.1 Å². The van der Waals surface area contributed by atoms with E-state index in [0.717, 1.165) is 5.56 Å². The summed E-state index contributed by atoms with van der Waals surface area (Å²) in [6, 6.07) is 19.0. The quantitative estimate of drug-likeness (QED) is 0.533. The van der Waals surface area contributed by atoms with E-state index in [1.54, 1.807) is 60.4 Å². The molecule has 1 aliphatic rings. The monoisotopic (exact) mass is 446 g/mol. The molecule has 0 saturated heterocycles. The van der Waals surface area contributed by atoms with Gasteiger partial charge in [-0.05, 0) is 54.4 Å². The highest BCUT2D eigenvalue weighted by atomic mass is 19.1. The van der Waals surface area contributed by atoms with Crippen molar-refractivity contribution in [1.82, 2.24) is 4.90 Å². The van der Waals surface area contributed by atoms with E-state index in [9.17, 15) is 18.8 Å². The van der Waals surface area contributed by atoms with Gasteiger partial charge in [-0.15, -0.1) is 0 Å². The van der Waals surface area contributed by atoms with Gasteiger partial charge in [0.15, 0.2) is 0 Å². The fraction of sp³-hybridized carbons (Fsp3) is 0.192. The molecule has 7 heteroatoms. The molecule has 0 saturated carbocycles. The SMILES string of the molecule is CCOC(=O)c1cccc(NC(=O)C[C@H](c2ccc(F)cc2)N2Cc3ccccc3C2=O)c1. The second kappa shape index (κ2) is 9.65. The second-order valence-corrected chi connectivity index (χ2v) is 7.71.